The summed E-state index contributed by atoms with van der Waals surface area (Å²) in [5.74, 6) is 0.883. The Morgan fingerprint density at radius 1 is 1.07 bits per heavy atom. The summed E-state index contributed by atoms with van der Waals surface area (Å²) in [7, 11) is 1.69. The van der Waals surface area contributed by atoms with Gasteiger partial charge in [0.2, 0.25) is 0 Å². The molecule has 1 aliphatic heterocycles. The van der Waals surface area contributed by atoms with Crippen molar-refractivity contribution in [1.82, 2.24) is 9.88 Å². The molecule has 0 saturated carbocycles. The highest BCUT2D eigenvalue weighted by Gasteiger charge is 2.35. The summed E-state index contributed by atoms with van der Waals surface area (Å²) >= 11 is 3.59. The van der Waals surface area contributed by atoms with E-state index in [4.69, 9.17) is 4.74 Å². The second kappa shape index (κ2) is 7.65. The fraction of sp³-hybridized carbons (Fsp3) is 0.160. The summed E-state index contributed by atoms with van der Waals surface area (Å²) in [5.41, 5.74) is 5.18. The van der Waals surface area contributed by atoms with Gasteiger partial charge >= 0.3 is 0 Å². The number of ether oxygens (including phenoxy) is 1. The minimum Gasteiger partial charge on any atom is -0.497 e. The Kier molecular flexibility index (Phi) is 4.83. The molecule has 1 aliphatic rings. The van der Waals surface area contributed by atoms with Crippen LogP contribution in [-0.2, 0) is 6.42 Å². The molecular formula is C25H21BrN2O2. The van der Waals surface area contributed by atoms with Crippen molar-refractivity contribution in [2.75, 3.05) is 13.7 Å². The van der Waals surface area contributed by atoms with Crippen molar-refractivity contribution in [2.45, 2.75) is 12.5 Å². The standard InChI is InChI=1S/C25H21BrN2O2/c1-30-19-10-11-22-21(15-19)20-12-13-28(25(29)16-6-3-2-4-7-16)24(23(20)27-22)17-8-5-9-18(26)14-17/h2-11,14-15,24,27H,12-13H2,1H3. The van der Waals surface area contributed by atoms with E-state index in [1.54, 1.807) is 7.11 Å². The zero-order chi connectivity index (χ0) is 20.7. The monoisotopic (exact) mass is 460 g/mol. The maximum atomic E-state index is 13.5. The Morgan fingerprint density at radius 3 is 2.67 bits per heavy atom. The molecule has 1 N–H and O–H groups in total. The number of nitrogens with one attached hydrogen (secondary N) is 1. The summed E-state index contributed by atoms with van der Waals surface area (Å²) < 4.78 is 6.44. The first-order valence-electron chi connectivity index (χ1n) is 9.95. The molecule has 150 valence electrons. The molecular weight excluding hydrogens is 440 g/mol. The highest BCUT2D eigenvalue weighted by molar-refractivity contribution is 9.10. The van der Waals surface area contributed by atoms with Crippen LogP contribution in [0.1, 0.15) is 33.2 Å². The SMILES string of the molecule is COc1ccc2[nH]c3c(c2c1)CCN(C(=O)c1ccccc1)C3c1cccc(Br)c1. The number of benzene rings is 3. The molecule has 1 aromatic heterocycles. The second-order valence-electron chi connectivity index (χ2n) is 7.50. The van der Waals surface area contributed by atoms with Crippen LogP contribution in [0.2, 0.25) is 0 Å². The average Bonchev–Trinajstić information content (AvgIpc) is 3.16. The second-order valence-corrected chi connectivity index (χ2v) is 8.42. The van der Waals surface area contributed by atoms with Crippen LogP contribution in [0.25, 0.3) is 10.9 Å². The fourth-order valence-corrected chi connectivity index (χ4v) is 4.80. The third-order valence-electron chi connectivity index (χ3n) is 5.78. The van der Waals surface area contributed by atoms with Gasteiger partial charge in [0.25, 0.3) is 5.91 Å². The molecule has 0 aliphatic carbocycles. The van der Waals surface area contributed by atoms with Crippen molar-refractivity contribution in [1.29, 1.82) is 0 Å². The van der Waals surface area contributed by atoms with Gasteiger partial charge < -0.3 is 14.6 Å². The Morgan fingerprint density at radius 2 is 1.90 bits per heavy atom. The van der Waals surface area contributed by atoms with Gasteiger partial charge in [-0.05, 0) is 60.0 Å². The van der Waals surface area contributed by atoms with E-state index < -0.39 is 0 Å². The highest BCUT2D eigenvalue weighted by atomic mass is 79.9. The molecule has 0 radical (unpaired) electrons. The van der Waals surface area contributed by atoms with E-state index in [9.17, 15) is 4.79 Å². The number of hydrogen-bond donors (Lipinski definition) is 1. The first-order chi connectivity index (χ1) is 14.7. The number of rotatable bonds is 3. The maximum Gasteiger partial charge on any atom is 0.254 e. The average molecular weight is 461 g/mol. The smallest absolute Gasteiger partial charge is 0.254 e. The zero-order valence-electron chi connectivity index (χ0n) is 16.6. The molecule has 30 heavy (non-hydrogen) atoms. The molecule has 0 spiro atoms. The van der Waals surface area contributed by atoms with Crippen molar-refractivity contribution >= 4 is 32.7 Å². The summed E-state index contributed by atoms with van der Waals surface area (Å²) in [4.78, 5) is 19.1. The van der Waals surface area contributed by atoms with Gasteiger partial charge in [-0.25, -0.2) is 0 Å². The predicted octanol–water partition coefficient (Wildman–Crippen LogP) is 5.73. The van der Waals surface area contributed by atoms with Gasteiger partial charge in [-0.3, -0.25) is 4.79 Å². The lowest BCUT2D eigenvalue weighted by Crippen LogP contribution is -2.40. The largest absolute Gasteiger partial charge is 0.497 e. The molecule has 4 aromatic rings. The van der Waals surface area contributed by atoms with Gasteiger partial charge in [0.05, 0.1) is 13.2 Å². The number of hydrogen-bond acceptors (Lipinski definition) is 2. The Balaban J connectivity index is 1.68. The number of H-pyrrole nitrogens is 1. The van der Waals surface area contributed by atoms with Crippen LogP contribution >= 0.6 is 15.9 Å². The predicted molar refractivity (Wildman–Crippen MR) is 122 cm³/mol. The fourth-order valence-electron chi connectivity index (χ4n) is 4.38. The first kappa shape index (κ1) is 18.9. The maximum absolute atomic E-state index is 13.5. The van der Waals surface area contributed by atoms with Gasteiger partial charge in [-0.2, -0.15) is 0 Å². The number of fused-ring (bicyclic) bond motifs is 3. The number of halogens is 1. The molecule has 5 rings (SSSR count). The summed E-state index contributed by atoms with van der Waals surface area (Å²) in [6, 6.07) is 23.6. The minimum atomic E-state index is -0.183. The number of aromatic nitrogens is 1. The number of carbonyl (C=O) groups excluding carboxylic acids is 1. The Bertz CT molecular complexity index is 1230. The van der Waals surface area contributed by atoms with E-state index in [2.05, 4.69) is 39.1 Å². The van der Waals surface area contributed by atoms with Gasteiger partial charge in [0.15, 0.2) is 0 Å². The first-order valence-corrected chi connectivity index (χ1v) is 10.7. The van der Waals surface area contributed by atoms with E-state index >= 15 is 0 Å². The van der Waals surface area contributed by atoms with Crippen molar-refractivity contribution in [3.8, 4) is 5.75 Å². The lowest BCUT2D eigenvalue weighted by atomic mass is 9.91. The minimum absolute atomic E-state index is 0.0439. The van der Waals surface area contributed by atoms with Crippen molar-refractivity contribution < 1.29 is 9.53 Å². The molecule has 1 atom stereocenters. The van der Waals surface area contributed by atoms with Gasteiger partial charge in [0.1, 0.15) is 5.75 Å². The van der Waals surface area contributed by atoms with E-state index in [1.165, 1.54) is 5.56 Å². The van der Waals surface area contributed by atoms with Crippen LogP contribution in [-0.4, -0.2) is 29.4 Å². The van der Waals surface area contributed by atoms with E-state index in [0.29, 0.717) is 12.1 Å². The van der Waals surface area contributed by atoms with Crippen molar-refractivity contribution in [3.05, 3.63) is 99.7 Å². The Labute approximate surface area is 183 Å². The lowest BCUT2D eigenvalue weighted by molar-refractivity contribution is 0.0692. The molecule has 1 amide bonds. The molecule has 1 unspecified atom stereocenters. The van der Waals surface area contributed by atoms with Crippen LogP contribution in [0.3, 0.4) is 0 Å². The topological polar surface area (TPSA) is 45.3 Å². The van der Waals surface area contributed by atoms with Crippen molar-refractivity contribution in [2.24, 2.45) is 0 Å². The van der Waals surface area contributed by atoms with Gasteiger partial charge in [-0.1, -0.05) is 46.3 Å². The third-order valence-corrected chi connectivity index (χ3v) is 6.27. The van der Waals surface area contributed by atoms with Crippen LogP contribution in [0.4, 0.5) is 0 Å². The highest BCUT2D eigenvalue weighted by Crippen LogP contribution is 2.40. The lowest BCUT2D eigenvalue weighted by Gasteiger charge is -2.36. The van der Waals surface area contributed by atoms with Crippen LogP contribution in [0.5, 0.6) is 5.75 Å². The van der Waals surface area contributed by atoms with Gasteiger partial charge in [-0.15, -0.1) is 0 Å². The summed E-state index contributed by atoms with van der Waals surface area (Å²) in [6.45, 7) is 0.655. The molecule has 5 heteroatoms. The van der Waals surface area contributed by atoms with E-state index in [1.807, 2.05) is 59.5 Å². The molecule has 3 aromatic carbocycles. The summed E-state index contributed by atoms with van der Waals surface area (Å²) in [6.07, 6.45) is 0.797. The van der Waals surface area contributed by atoms with Crippen LogP contribution in [0.15, 0.2) is 77.3 Å². The van der Waals surface area contributed by atoms with E-state index in [0.717, 1.165) is 38.8 Å². The number of methoxy groups -OCH3 is 1. The number of carbonyl (C=O) groups is 1. The van der Waals surface area contributed by atoms with Gasteiger partial charge in [0, 0.05) is 33.2 Å². The van der Waals surface area contributed by atoms with Crippen LogP contribution < -0.4 is 4.74 Å². The number of nitrogens with zero attached hydrogens (tertiary/aromatic N) is 1. The number of amides is 1. The molecule has 0 saturated heterocycles. The van der Waals surface area contributed by atoms with Crippen molar-refractivity contribution in [3.63, 3.8) is 0 Å². The molecule has 0 bridgehead atoms. The molecule has 2 heterocycles. The summed E-state index contributed by atoms with van der Waals surface area (Å²) in [5, 5.41) is 1.16. The molecule has 0 fully saturated rings. The number of aromatic amines is 1. The molecule has 4 nitrogen and oxygen atoms in total. The third kappa shape index (κ3) is 3.19. The van der Waals surface area contributed by atoms with Crippen LogP contribution in [0, 0.1) is 0 Å². The normalized spacial score (nSPS) is 15.8. The zero-order valence-corrected chi connectivity index (χ0v) is 18.1. The Hall–Kier alpha value is -3.05. The quantitative estimate of drug-likeness (QED) is 0.424. The van der Waals surface area contributed by atoms with E-state index in [-0.39, 0.29) is 11.9 Å².